The molecule has 1 aliphatic heterocycles. The summed E-state index contributed by atoms with van der Waals surface area (Å²) in [7, 11) is 2.06. The third-order valence-electron chi connectivity index (χ3n) is 3.49. The summed E-state index contributed by atoms with van der Waals surface area (Å²) in [6, 6.07) is 5.23. The van der Waals surface area contributed by atoms with Crippen LogP contribution in [0.1, 0.15) is 30.0 Å². The van der Waals surface area contributed by atoms with Gasteiger partial charge in [0.05, 0.1) is 0 Å². The van der Waals surface area contributed by atoms with Crippen molar-refractivity contribution in [2.24, 2.45) is 5.73 Å². The molecule has 2 atom stereocenters. The summed E-state index contributed by atoms with van der Waals surface area (Å²) in [6.07, 6.45) is 2.15. The van der Waals surface area contributed by atoms with E-state index in [0.29, 0.717) is 0 Å². The lowest BCUT2D eigenvalue weighted by atomic mass is 9.89. The molecule has 2 rings (SSSR count). The molecule has 0 spiro atoms. The summed E-state index contributed by atoms with van der Waals surface area (Å²) in [6.45, 7) is 3.05. The standard InChI is InChI=1S/C13H19FN2/c1-9-5-6-10(14)8-11(9)13-12(15)4-3-7-16(13)2/h5-6,8,12-13H,3-4,7,15H2,1-2H3. The van der Waals surface area contributed by atoms with Gasteiger partial charge in [0.2, 0.25) is 0 Å². The lowest BCUT2D eigenvalue weighted by Gasteiger charge is -2.38. The van der Waals surface area contributed by atoms with Crippen LogP contribution >= 0.6 is 0 Å². The Hall–Kier alpha value is -0.930. The first-order valence-corrected chi connectivity index (χ1v) is 5.81. The van der Waals surface area contributed by atoms with E-state index in [-0.39, 0.29) is 17.9 Å². The van der Waals surface area contributed by atoms with E-state index in [1.54, 1.807) is 6.07 Å². The van der Waals surface area contributed by atoms with Gasteiger partial charge in [0.25, 0.3) is 0 Å². The first-order chi connectivity index (χ1) is 7.59. The number of aryl methyl sites for hydroxylation is 1. The molecule has 2 nitrogen and oxygen atoms in total. The van der Waals surface area contributed by atoms with Crippen LogP contribution in [0.15, 0.2) is 18.2 Å². The third-order valence-corrected chi connectivity index (χ3v) is 3.49. The number of nitrogens with zero attached hydrogens (tertiary/aromatic N) is 1. The molecule has 2 N–H and O–H groups in total. The van der Waals surface area contributed by atoms with Gasteiger partial charge in [0.15, 0.2) is 0 Å². The molecule has 0 saturated carbocycles. The summed E-state index contributed by atoms with van der Waals surface area (Å²) in [5.74, 6) is -0.174. The lowest BCUT2D eigenvalue weighted by molar-refractivity contribution is 0.162. The van der Waals surface area contributed by atoms with Gasteiger partial charge in [-0.25, -0.2) is 4.39 Å². The van der Waals surface area contributed by atoms with E-state index in [1.165, 1.54) is 6.07 Å². The Morgan fingerprint density at radius 3 is 2.88 bits per heavy atom. The third kappa shape index (κ3) is 2.11. The van der Waals surface area contributed by atoms with Crippen LogP contribution in [0.2, 0.25) is 0 Å². The molecule has 0 aromatic heterocycles. The van der Waals surface area contributed by atoms with Gasteiger partial charge in [0.1, 0.15) is 5.82 Å². The first-order valence-electron chi connectivity index (χ1n) is 5.81. The van der Waals surface area contributed by atoms with E-state index in [2.05, 4.69) is 11.9 Å². The minimum absolute atomic E-state index is 0.110. The molecule has 0 aliphatic carbocycles. The summed E-state index contributed by atoms with van der Waals surface area (Å²) in [5.41, 5.74) is 8.31. The molecule has 0 radical (unpaired) electrons. The van der Waals surface area contributed by atoms with E-state index < -0.39 is 0 Å². The second-order valence-electron chi connectivity index (χ2n) is 4.73. The van der Waals surface area contributed by atoms with Gasteiger partial charge in [-0.2, -0.15) is 0 Å². The number of nitrogens with two attached hydrogens (primary N) is 1. The number of hydrogen-bond acceptors (Lipinski definition) is 2. The zero-order valence-electron chi connectivity index (χ0n) is 9.91. The Morgan fingerprint density at radius 1 is 1.44 bits per heavy atom. The first kappa shape index (κ1) is 11.6. The van der Waals surface area contributed by atoms with Crippen molar-refractivity contribution >= 4 is 0 Å². The number of piperidine rings is 1. The number of benzene rings is 1. The molecule has 88 valence electrons. The van der Waals surface area contributed by atoms with Crippen LogP contribution in [0.4, 0.5) is 4.39 Å². The van der Waals surface area contributed by atoms with E-state index in [0.717, 1.165) is 30.5 Å². The van der Waals surface area contributed by atoms with Crippen molar-refractivity contribution < 1.29 is 4.39 Å². The molecule has 2 unspecified atom stereocenters. The quantitative estimate of drug-likeness (QED) is 0.789. The maximum absolute atomic E-state index is 13.3. The van der Waals surface area contributed by atoms with Crippen LogP contribution in [0, 0.1) is 12.7 Å². The highest BCUT2D eigenvalue weighted by Crippen LogP contribution is 2.31. The highest BCUT2D eigenvalue weighted by Gasteiger charge is 2.28. The average molecular weight is 222 g/mol. The zero-order chi connectivity index (χ0) is 11.7. The van der Waals surface area contributed by atoms with Crippen molar-refractivity contribution in [3.63, 3.8) is 0 Å². The maximum Gasteiger partial charge on any atom is 0.123 e. The van der Waals surface area contributed by atoms with E-state index in [4.69, 9.17) is 5.73 Å². The minimum Gasteiger partial charge on any atom is -0.326 e. The van der Waals surface area contributed by atoms with E-state index in [9.17, 15) is 4.39 Å². The summed E-state index contributed by atoms with van der Waals surface area (Å²) in [5, 5.41) is 0. The predicted octanol–water partition coefficient (Wildman–Crippen LogP) is 2.23. The molecule has 16 heavy (non-hydrogen) atoms. The van der Waals surface area contributed by atoms with Gasteiger partial charge in [-0.3, -0.25) is 4.90 Å². The number of likely N-dealkylation sites (tertiary alicyclic amines) is 1. The molecule has 1 saturated heterocycles. The Balaban J connectivity index is 2.37. The van der Waals surface area contributed by atoms with Crippen molar-refractivity contribution in [2.45, 2.75) is 31.8 Å². The summed E-state index contributed by atoms with van der Waals surface area (Å²) >= 11 is 0. The van der Waals surface area contributed by atoms with Crippen molar-refractivity contribution in [2.75, 3.05) is 13.6 Å². The number of hydrogen-bond donors (Lipinski definition) is 1. The fourth-order valence-electron chi connectivity index (χ4n) is 2.60. The van der Waals surface area contributed by atoms with Crippen LogP contribution < -0.4 is 5.73 Å². The number of halogens is 1. The van der Waals surface area contributed by atoms with Crippen LogP contribution in [0.5, 0.6) is 0 Å². The molecule has 1 aliphatic rings. The lowest BCUT2D eigenvalue weighted by Crippen LogP contribution is -2.44. The molecular weight excluding hydrogens is 203 g/mol. The number of rotatable bonds is 1. The fraction of sp³-hybridized carbons (Fsp3) is 0.538. The van der Waals surface area contributed by atoms with Gasteiger partial charge >= 0.3 is 0 Å². The molecule has 1 aromatic rings. The van der Waals surface area contributed by atoms with Gasteiger partial charge in [-0.05, 0) is 56.6 Å². The van der Waals surface area contributed by atoms with Crippen LogP contribution in [-0.2, 0) is 0 Å². The predicted molar refractivity (Wildman–Crippen MR) is 63.7 cm³/mol. The SMILES string of the molecule is Cc1ccc(F)cc1C1C(N)CCCN1C. The monoisotopic (exact) mass is 222 g/mol. The number of likely N-dealkylation sites (N-methyl/N-ethyl adjacent to an activating group) is 1. The topological polar surface area (TPSA) is 29.3 Å². The van der Waals surface area contributed by atoms with Gasteiger partial charge in [-0.15, -0.1) is 0 Å². The van der Waals surface area contributed by atoms with Crippen molar-refractivity contribution in [3.05, 3.63) is 35.1 Å². The minimum atomic E-state index is -0.174. The highest BCUT2D eigenvalue weighted by atomic mass is 19.1. The second kappa shape index (κ2) is 4.52. The Labute approximate surface area is 96.2 Å². The molecule has 0 bridgehead atoms. The van der Waals surface area contributed by atoms with Crippen LogP contribution in [0.25, 0.3) is 0 Å². The molecule has 3 heteroatoms. The van der Waals surface area contributed by atoms with Crippen molar-refractivity contribution in [3.8, 4) is 0 Å². The van der Waals surface area contributed by atoms with Gasteiger partial charge in [-0.1, -0.05) is 6.07 Å². The van der Waals surface area contributed by atoms with E-state index in [1.807, 2.05) is 13.0 Å². The summed E-state index contributed by atoms with van der Waals surface area (Å²) < 4.78 is 13.3. The molecule has 1 aromatic carbocycles. The molecule has 1 heterocycles. The normalized spacial score (nSPS) is 27.0. The molecule has 1 fully saturated rings. The Bertz CT molecular complexity index is 368. The van der Waals surface area contributed by atoms with Crippen molar-refractivity contribution in [1.82, 2.24) is 4.90 Å². The molecule has 0 amide bonds. The van der Waals surface area contributed by atoms with Gasteiger partial charge in [0, 0.05) is 12.1 Å². The average Bonchev–Trinajstić information content (AvgIpc) is 2.23. The Morgan fingerprint density at radius 2 is 2.19 bits per heavy atom. The summed E-state index contributed by atoms with van der Waals surface area (Å²) in [4.78, 5) is 2.23. The Kier molecular flexibility index (Phi) is 3.26. The second-order valence-corrected chi connectivity index (χ2v) is 4.73. The largest absolute Gasteiger partial charge is 0.326 e. The smallest absolute Gasteiger partial charge is 0.123 e. The van der Waals surface area contributed by atoms with Crippen LogP contribution in [-0.4, -0.2) is 24.5 Å². The molecular formula is C13H19FN2. The fourth-order valence-corrected chi connectivity index (χ4v) is 2.60. The maximum atomic E-state index is 13.3. The zero-order valence-corrected chi connectivity index (χ0v) is 9.91. The van der Waals surface area contributed by atoms with Crippen molar-refractivity contribution in [1.29, 1.82) is 0 Å². The van der Waals surface area contributed by atoms with Crippen LogP contribution in [0.3, 0.4) is 0 Å². The van der Waals surface area contributed by atoms with Gasteiger partial charge < -0.3 is 5.73 Å². The highest BCUT2D eigenvalue weighted by molar-refractivity contribution is 5.31. The van der Waals surface area contributed by atoms with E-state index >= 15 is 0 Å².